The summed E-state index contributed by atoms with van der Waals surface area (Å²) in [5, 5.41) is 59.7. The van der Waals surface area contributed by atoms with Crippen molar-refractivity contribution in [2.75, 3.05) is 6.54 Å². The van der Waals surface area contributed by atoms with E-state index in [1.807, 2.05) is 0 Å². The first-order chi connectivity index (χ1) is 10.1. The van der Waals surface area contributed by atoms with E-state index in [1.54, 1.807) is 0 Å². The maximum Gasteiger partial charge on any atom is 0.335 e. The molecule has 9 N–H and O–H groups in total. The second-order valence-corrected chi connectivity index (χ2v) is 4.07. The molecule has 0 aliphatic carbocycles. The number of carboxylic acid groups (broad SMARTS) is 2. The zero-order chi connectivity index (χ0) is 17.4. The number of aliphatic hydroxyl groups excluding tert-OH is 3. The van der Waals surface area contributed by atoms with Crippen LogP contribution in [0.3, 0.4) is 0 Å². The number of carboxylic acids is 2. The number of nitrogens with two attached hydrogens (primary N) is 1. The summed E-state index contributed by atoms with van der Waals surface area (Å²) in [7, 11) is 0. The highest BCUT2D eigenvalue weighted by Crippen LogP contribution is 2.27. The summed E-state index contributed by atoms with van der Waals surface area (Å²) in [6.07, 6.45) is -5.33. The Kier molecular flexibility index (Phi) is 7.83. The van der Waals surface area contributed by atoms with Gasteiger partial charge in [0.15, 0.2) is 23.7 Å². The van der Waals surface area contributed by atoms with Gasteiger partial charge in [-0.25, -0.2) is 9.59 Å². The summed E-state index contributed by atoms with van der Waals surface area (Å²) < 4.78 is 0. The van der Waals surface area contributed by atoms with Crippen LogP contribution in [0, 0.1) is 0 Å². The zero-order valence-corrected chi connectivity index (χ0v) is 11.2. The van der Waals surface area contributed by atoms with Gasteiger partial charge in [-0.2, -0.15) is 0 Å². The quantitative estimate of drug-likeness (QED) is 0.279. The number of phenols is 2. The number of rotatable bonds is 5. The maximum atomic E-state index is 9.77. The van der Waals surface area contributed by atoms with Gasteiger partial charge in [-0.1, -0.05) is 6.07 Å². The van der Waals surface area contributed by atoms with Crippen LogP contribution in [-0.4, -0.2) is 66.4 Å². The zero-order valence-electron chi connectivity index (χ0n) is 11.2. The van der Waals surface area contributed by atoms with Crippen LogP contribution < -0.4 is 5.73 Å². The second-order valence-electron chi connectivity index (χ2n) is 4.07. The first-order valence-corrected chi connectivity index (χ1v) is 5.83. The standard InChI is InChI=1S/C8H11NO3.C4H6O6/c9-4-8(12)5-1-2-6(10)7(11)3-5;5-1(3(7)8)2(6)4(9)10/h1-3,8,10-12H,4,9H2;1-2,5-6H,(H,7,8)(H,9,10)/t8-;/m1./s1. The molecular formula is C12H17NO9. The van der Waals surface area contributed by atoms with Gasteiger partial charge in [0.1, 0.15) is 0 Å². The number of hydrogen-bond acceptors (Lipinski definition) is 8. The molecule has 124 valence electrons. The van der Waals surface area contributed by atoms with Gasteiger partial charge in [0.2, 0.25) is 0 Å². The van der Waals surface area contributed by atoms with Crippen molar-refractivity contribution in [2.45, 2.75) is 18.3 Å². The molecule has 0 saturated heterocycles. The van der Waals surface area contributed by atoms with Gasteiger partial charge in [0.05, 0.1) is 6.10 Å². The van der Waals surface area contributed by atoms with Gasteiger partial charge in [-0.15, -0.1) is 0 Å². The Morgan fingerprint density at radius 1 is 0.955 bits per heavy atom. The van der Waals surface area contributed by atoms with Crippen LogP contribution >= 0.6 is 0 Å². The third-order valence-corrected chi connectivity index (χ3v) is 2.41. The monoisotopic (exact) mass is 319 g/mol. The van der Waals surface area contributed by atoms with Gasteiger partial charge in [0.25, 0.3) is 0 Å². The fourth-order valence-corrected chi connectivity index (χ4v) is 1.15. The van der Waals surface area contributed by atoms with Gasteiger partial charge < -0.3 is 41.5 Å². The number of carbonyl (C=O) groups is 2. The first-order valence-electron chi connectivity index (χ1n) is 5.83. The van der Waals surface area contributed by atoms with E-state index in [1.165, 1.54) is 18.2 Å². The minimum absolute atomic E-state index is 0.0875. The lowest BCUT2D eigenvalue weighted by Gasteiger charge is -2.08. The van der Waals surface area contributed by atoms with E-state index in [0.717, 1.165) is 0 Å². The van der Waals surface area contributed by atoms with Crippen LogP contribution in [0.1, 0.15) is 11.7 Å². The van der Waals surface area contributed by atoms with E-state index in [9.17, 15) is 14.7 Å². The summed E-state index contributed by atoms with van der Waals surface area (Å²) in [5.74, 6) is -3.99. The minimum Gasteiger partial charge on any atom is -0.504 e. The SMILES string of the molecule is NC[C@@H](O)c1ccc(O)c(O)c1.O=C(O)C(O)C(O)C(=O)O. The third kappa shape index (κ3) is 5.93. The van der Waals surface area contributed by atoms with Crippen molar-refractivity contribution < 1.29 is 45.3 Å². The molecule has 0 bridgehead atoms. The highest BCUT2D eigenvalue weighted by Gasteiger charge is 2.29. The number of aromatic hydroxyl groups is 2. The van der Waals surface area contributed by atoms with Crippen molar-refractivity contribution in [2.24, 2.45) is 5.73 Å². The van der Waals surface area contributed by atoms with Crippen LogP contribution in [0.4, 0.5) is 0 Å². The molecule has 0 aliphatic rings. The lowest BCUT2D eigenvalue weighted by molar-refractivity contribution is -0.165. The summed E-state index contributed by atoms with van der Waals surface area (Å²) in [6.45, 7) is 0.0875. The molecule has 0 spiro atoms. The van der Waals surface area contributed by atoms with Crippen molar-refractivity contribution >= 4 is 11.9 Å². The molecule has 0 amide bonds. The highest BCUT2D eigenvalue weighted by atomic mass is 16.4. The number of phenolic OH excluding ortho intramolecular Hbond substituents is 2. The van der Waals surface area contributed by atoms with E-state index >= 15 is 0 Å². The fraction of sp³-hybridized carbons (Fsp3) is 0.333. The van der Waals surface area contributed by atoms with Crippen LogP contribution in [0.15, 0.2) is 18.2 Å². The maximum absolute atomic E-state index is 9.77. The Labute approximate surface area is 124 Å². The van der Waals surface area contributed by atoms with E-state index < -0.39 is 30.3 Å². The molecular weight excluding hydrogens is 302 g/mol. The smallest absolute Gasteiger partial charge is 0.335 e. The average molecular weight is 319 g/mol. The van der Waals surface area contributed by atoms with Crippen molar-refractivity contribution in [1.29, 1.82) is 0 Å². The van der Waals surface area contributed by atoms with Gasteiger partial charge in [0, 0.05) is 6.54 Å². The molecule has 0 radical (unpaired) electrons. The summed E-state index contributed by atoms with van der Waals surface area (Å²) in [5.41, 5.74) is 5.69. The summed E-state index contributed by atoms with van der Waals surface area (Å²) in [6, 6.07) is 4.10. The Balaban J connectivity index is 0.000000409. The lowest BCUT2D eigenvalue weighted by Crippen LogP contribution is -2.39. The van der Waals surface area contributed by atoms with Crippen LogP contribution in [0.2, 0.25) is 0 Å². The van der Waals surface area contributed by atoms with Crippen molar-refractivity contribution in [3.8, 4) is 11.5 Å². The average Bonchev–Trinajstić information content (AvgIpc) is 2.48. The van der Waals surface area contributed by atoms with Crippen molar-refractivity contribution in [3.05, 3.63) is 23.8 Å². The van der Waals surface area contributed by atoms with E-state index in [4.69, 9.17) is 36.4 Å². The molecule has 1 aromatic rings. The van der Waals surface area contributed by atoms with Gasteiger partial charge in [-0.05, 0) is 17.7 Å². The number of aliphatic hydroxyl groups is 3. The van der Waals surface area contributed by atoms with E-state index in [2.05, 4.69) is 0 Å². The molecule has 22 heavy (non-hydrogen) atoms. The minimum atomic E-state index is -2.27. The molecule has 0 heterocycles. The molecule has 0 aromatic heterocycles. The summed E-state index contributed by atoms with van der Waals surface area (Å²) in [4.78, 5) is 19.5. The van der Waals surface area contributed by atoms with Crippen LogP contribution in [0.25, 0.3) is 0 Å². The predicted molar refractivity (Wildman–Crippen MR) is 71.1 cm³/mol. The third-order valence-electron chi connectivity index (χ3n) is 2.41. The van der Waals surface area contributed by atoms with E-state index in [-0.39, 0.29) is 18.0 Å². The molecule has 1 rings (SSSR count). The highest BCUT2D eigenvalue weighted by molar-refractivity contribution is 5.83. The van der Waals surface area contributed by atoms with Crippen molar-refractivity contribution in [1.82, 2.24) is 0 Å². The molecule has 0 saturated carbocycles. The largest absolute Gasteiger partial charge is 0.504 e. The topological polar surface area (TPSA) is 202 Å². The number of aliphatic carboxylic acids is 2. The second kappa shape index (κ2) is 8.79. The molecule has 0 fully saturated rings. The van der Waals surface area contributed by atoms with Crippen LogP contribution in [0.5, 0.6) is 11.5 Å². The molecule has 3 atom stereocenters. The van der Waals surface area contributed by atoms with Gasteiger partial charge >= 0.3 is 11.9 Å². The molecule has 2 unspecified atom stereocenters. The normalized spacial score (nSPS) is 14.2. The Bertz CT molecular complexity index is 501. The lowest BCUT2D eigenvalue weighted by atomic mass is 10.1. The Morgan fingerprint density at radius 3 is 1.73 bits per heavy atom. The Hall–Kier alpha value is -2.40. The van der Waals surface area contributed by atoms with Gasteiger partial charge in [-0.3, -0.25) is 0 Å². The molecule has 0 aliphatic heterocycles. The fourth-order valence-electron chi connectivity index (χ4n) is 1.15. The number of hydrogen-bond donors (Lipinski definition) is 8. The molecule has 10 heteroatoms. The first kappa shape index (κ1) is 19.6. The Morgan fingerprint density at radius 2 is 1.41 bits per heavy atom. The predicted octanol–water partition coefficient (Wildman–Crippen LogP) is -2.03. The van der Waals surface area contributed by atoms with Crippen molar-refractivity contribution in [3.63, 3.8) is 0 Å². The van der Waals surface area contributed by atoms with Crippen LogP contribution in [-0.2, 0) is 9.59 Å². The number of benzene rings is 1. The molecule has 1 aromatic carbocycles. The molecule has 10 nitrogen and oxygen atoms in total. The summed E-state index contributed by atoms with van der Waals surface area (Å²) >= 11 is 0. The van der Waals surface area contributed by atoms with E-state index in [0.29, 0.717) is 5.56 Å².